The molecule has 0 aromatic carbocycles. The van der Waals surface area contributed by atoms with Gasteiger partial charge in [-0.1, -0.05) is 0 Å². The minimum atomic E-state index is -1.81. The maximum atomic E-state index is 10.6. The van der Waals surface area contributed by atoms with E-state index in [1.165, 1.54) is 6.07 Å². The van der Waals surface area contributed by atoms with Crippen molar-refractivity contribution < 1.29 is 19.8 Å². The van der Waals surface area contributed by atoms with Gasteiger partial charge in [-0.05, 0) is 6.92 Å². The largest absolute Gasteiger partial charge is 0.475 e. The molecule has 0 aliphatic carbocycles. The number of rotatable bonds is 3. The van der Waals surface area contributed by atoms with Crippen LogP contribution in [-0.2, 0) is 9.59 Å². The molecule has 0 aliphatic heterocycles. The third-order valence-corrected chi connectivity index (χ3v) is 1.26. The lowest BCUT2D eigenvalue weighted by molar-refractivity contribution is -0.153. The van der Waals surface area contributed by atoms with Crippen molar-refractivity contribution in [1.29, 1.82) is 5.26 Å². The number of aliphatic hydroxyl groups is 1. The van der Waals surface area contributed by atoms with Crippen LogP contribution in [0.15, 0.2) is 0 Å². The number of aliphatic hydroxyl groups excluding tert-OH is 1. The molecule has 60 valence electrons. The Labute approximate surface area is 62.9 Å². The molecule has 0 aromatic heterocycles. The first kappa shape index (κ1) is 9.59. The van der Waals surface area contributed by atoms with Gasteiger partial charge in [0.15, 0.2) is 0 Å². The Balaban J connectivity index is 4.69. The summed E-state index contributed by atoms with van der Waals surface area (Å²) in [4.78, 5) is 20.7. The van der Waals surface area contributed by atoms with Crippen LogP contribution >= 0.6 is 0 Å². The minimum absolute atomic E-state index is 0.783. The van der Waals surface area contributed by atoms with Gasteiger partial charge >= 0.3 is 5.97 Å². The van der Waals surface area contributed by atoms with E-state index in [1.54, 1.807) is 0 Å². The summed E-state index contributed by atoms with van der Waals surface area (Å²) in [7, 11) is 0. The number of hydrogen-bond acceptors (Lipinski definition) is 4. The zero-order valence-electron chi connectivity index (χ0n) is 5.87. The molecule has 11 heavy (non-hydrogen) atoms. The number of carbonyl (C=O) groups excluding carboxylic acids is 1. The highest BCUT2D eigenvalue weighted by Crippen LogP contribution is 2.14. The first-order valence-corrected chi connectivity index (χ1v) is 2.78. The number of carbonyl (C=O) groups is 2. The summed E-state index contributed by atoms with van der Waals surface area (Å²) in [6.45, 7) is 0.290. The fraction of sp³-hybridized carbons (Fsp3) is 0.500. The molecule has 0 rings (SSSR count). The monoisotopic (exact) mass is 157 g/mol. The maximum absolute atomic E-state index is 10.6. The Morgan fingerprint density at radius 2 is 2.09 bits per heavy atom. The molecule has 1 atom stereocenters. The first-order valence-electron chi connectivity index (χ1n) is 2.78. The Bertz CT molecular complexity index is 229. The van der Waals surface area contributed by atoms with E-state index >= 15 is 0 Å². The summed E-state index contributed by atoms with van der Waals surface area (Å²) >= 11 is 0. The maximum Gasteiger partial charge on any atom is 0.373 e. The molecule has 0 aliphatic rings. The van der Waals surface area contributed by atoms with E-state index in [4.69, 9.17) is 15.5 Å². The van der Waals surface area contributed by atoms with Gasteiger partial charge < -0.3 is 10.2 Å². The number of hydrogen-bond donors (Lipinski definition) is 2. The summed E-state index contributed by atoms with van der Waals surface area (Å²) in [5, 5.41) is 25.0. The quantitative estimate of drug-likeness (QED) is 0.520. The van der Waals surface area contributed by atoms with Gasteiger partial charge in [-0.2, -0.15) is 5.26 Å². The van der Waals surface area contributed by atoms with Crippen molar-refractivity contribution in [3.05, 3.63) is 0 Å². The van der Waals surface area contributed by atoms with Crippen molar-refractivity contribution in [2.45, 2.75) is 6.92 Å². The molecular formula is C6H7NO4. The van der Waals surface area contributed by atoms with Gasteiger partial charge in [0.2, 0.25) is 0 Å². The SMILES string of the molecule is CC(C#N)(CO)C(=O)C(=O)O. The molecule has 0 fully saturated rings. The van der Waals surface area contributed by atoms with Crippen LogP contribution in [0.4, 0.5) is 0 Å². The Kier molecular flexibility index (Phi) is 2.72. The highest BCUT2D eigenvalue weighted by Gasteiger charge is 2.37. The van der Waals surface area contributed by atoms with E-state index in [0.29, 0.717) is 0 Å². The van der Waals surface area contributed by atoms with E-state index in [2.05, 4.69) is 0 Å². The highest BCUT2D eigenvalue weighted by molar-refractivity contribution is 6.35. The van der Waals surface area contributed by atoms with Gasteiger partial charge in [0.25, 0.3) is 5.78 Å². The van der Waals surface area contributed by atoms with E-state index < -0.39 is 23.8 Å². The van der Waals surface area contributed by atoms with Crippen LogP contribution in [0, 0.1) is 16.7 Å². The third-order valence-electron chi connectivity index (χ3n) is 1.26. The molecule has 0 radical (unpaired) electrons. The van der Waals surface area contributed by atoms with Crippen molar-refractivity contribution >= 4 is 11.8 Å². The molecule has 0 bridgehead atoms. The second-order valence-electron chi connectivity index (χ2n) is 2.24. The molecule has 0 amide bonds. The summed E-state index contributed by atoms with van der Waals surface area (Å²) < 4.78 is 0. The van der Waals surface area contributed by atoms with Crippen LogP contribution in [0.5, 0.6) is 0 Å². The average Bonchev–Trinajstić information content (AvgIpc) is 2.01. The summed E-state index contributed by atoms with van der Waals surface area (Å²) in [5.41, 5.74) is -1.81. The second-order valence-corrected chi connectivity index (χ2v) is 2.24. The van der Waals surface area contributed by atoms with Gasteiger partial charge in [-0.15, -0.1) is 0 Å². The number of nitriles is 1. The summed E-state index contributed by atoms with van der Waals surface area (Å²) in [5.74, 6) is -2.99. The first-order chi connectivity index (χ1) is 4.98. The number of aliphatic carboxylic acids is 1. The molecule has 0 heterocycles. The van der Waals surface area contributed by atoms with Gasteiger partial charge in [0.1, 0.15) is 5.41 Å². The second kappa shape index (κ2) is 3.12. The number of carboxylic acid groups (broad SMARTS) is 1. The van der Waals surface area contributed by atoms with Crippen molar-refractivity contribution in [3.63, 3.8) is 0 Å². The molecule has 1 unspecified atom stereocenters. The van der Waals surface area contributed by atoms with Crippen LogP contribution in [0.3, 0.4) is 0 Å². The van der Waals surface area contributed by atoms with E-state index in [0.717, 1.165) is 6.92 Å². The molecule has 0 saturated carbocycles. The zero-order valence-corrected chi connectivity index (χ0v) is 5.87. The zero-order chi connectivity index (χ0) is 9.07. The lowest BCUT2D eigenvalue weighted by Gasteiger charge is -2.12. The van der Waals surface area contributed by atoms with Crippen LogP contribution < -0.4 is 0 Å². The van der Waals surface area contributed by atoms with Crippen LogP contribution in [-0.4, -0.2) is 28.6 Å². The van der Waals surface area contributed by atoms with Gasteiger partial charge in [-0.3, -0.25) is 4.79 Å². The molecule has 2 N–H and O–H groups in total. The number of nitrogens with zero attached hydrogens (tertiary/aromatic N) is 1. The number of carboxylic acids is 1. The lowest BCUT2D eigenvalue weighted by atomic mass is 9.88. The summed E-state index contributed by atoms with van der Waals surface area (Å²) in [6, 6.07) is 1.43. The smallest absolute Gasteiger partial charge is 0.373 e. The Morgan fingerprint density at radius 3 is 2.18 bits per heavy atom. The molecule has 5 nitrogen and oxygen atoms in total. The van der Waals surface area contributed by atoms with Gasteiger partial charge in [0.05, 0.1) is 12.7 Å². The highest BCUT2D eigenvalue weighted by atomic mass is 16.4. The summed E-state index contributed by atoms with van der Waals surface area (Å²) in [6.07, 6.45) is 0. The normalized spacial score (nSPS) is 14.6. The minimum Gasteiger partial charge on any atom is -0.475 e. The van der Waals surface area contributed by atoms with Crippen molar-refractivity contribution in [2.24, 2.45) is 5.41 Å². The molecule has 0 aromatic rings. The molecular weight excluding hydrogens is 150 g/mol. The fourth-order valence-electron chi connectivity index (χ4n) is 0.394. The van der Waals surface area contributed by atoms with Crippen molar-refractivity contribution in [1.82, 2.24) is 0 Å². The average molecular weight is 157 g/mol. The fourth-order valence-corrected chi connectivity index (χ4v) is 0.394. The van der Waals surface area contributed by atoms with E-state index in [9.17, 15) is 9.59 Å². The third kappa shape index (κ3) is 1.75. The van der Waals surface area contributed by atoms with Crippen LogP contribution in [0.1, 0.15) is 6.92 Å². The molecule has 0 saturated heterocycles. The van der Waals surface area contributed by atoms with Crippen molar-refractivity contribution in [3.8, 4) is 6.07 Å². The Morgan fingerprint density at radius 1 is 1.64 bits per heavy atom. The van der Waals surface area contributed by atoms with Crippen molar-refractivity contribution in [2.75, 3.05) is 6.61 Å². The number of Topliss-reactive ketones (excluding diaryl/α,β-unsaturated/α-hetero) is 1. The lowest BCUT2D eigenvalue weighted by Crippen LogP contribution is -2.35. The van der Waals surface area contributed by atoms with E-state index in [-0.39, 0.29) is 0 Å². The molecule has 5 heteroatoms. The Hall–Kier alpha value is -1.41. The van der Waals surface area contributed by atoms with Crippen LogP contribution in [0.25, 0.3) is 0 Å². The van der Waals surface area contributed by atoms with Gasteiger partial charge in [-0.25, -0.2) is 4.79 Å². The van der Waals surface area contributed by atoms with Gasteiger partial charge in [0, 0.05) is 0 Å². The molecule has 0 spiro atoms. The topological polar surface area (TPSA) is 98.4 Å². The predicted molar refractivity (Wildman–Crippen MR) is 33.4 cm³/mol. The van der Waals surface area contributed by atoms with Crippen LogP contribution in [0.2, 0.25) is 0 Å². The standard InChI is InChI=1S/C6H7NO4/c1-6(2-7,3-8)4(9)5(10)11/h8H,3H2,1H3,(H,10,11). The van der Waals surface area contributed by atoms with E-state index in [1.807, 2.05) is 0 Å². The predicted octanol–water partition coefficient (Wildman–Crippen LogP) is -0.838. The number of ketones is 1.